The zero-order valence-corrected chi connectivity index (χ0v) is 10.4. The first-order valence-corrected chi connectivity index (χ1v) is 6.91. The molecular weight excluding hydrogens is 216 g/mol. The third-order valence-electron chi connectivity index (χ3n) is 4.36. The Morgan fingerprint density at radius 1 is 1.18 bits per heavy atom. The Morgan fingerprint density at radius 3 is 2.65 bits per heavy atom. The van der Waals surface area contributed by atoms with Crippen molar-refractivity contribution >= 4 is 5.91 Å². The molecule has 0 radical (unpaired) electrons. The predicted octanol–water partition coefficient (Wildman–Crippen LogP) is 0.781. The predicted molar refractivity (Wildman–Crippen MR) is 66.3 cm³/mol. The molecule has 2 saturated carbocycles. The molecule has 0 heterocycles. The lowest BCUT2D eigenvalue weighted by atomic mass is 9.90. The van der Waals surface area contributed by atoms with Crippen molar-refractivity contribution in [1.29, 1.82) is 0 Å². The van der Waals surface area contributed by atoms with Gasteiger partial charge in [-0.05, 0) is 38.1 Å². The molecule has 4 heteroatoms. The van der Waals surface area contributed by atoms with Gasteiger partial charge >= 0.3 is 0 Å². The molecule has 0 aliphatic heterocycles. The summed E-state index contributed by atoms with van der Waals surface area (Å²) in [7, 11) is 0. The number of hydrogen-bond acceptors (Lipinski definition) is 3. The summed E-state index contributed by atoms with van der Waals surface area (Å²) in [6.07, 6.45) is 6.68. The molecule has 0 spiro atoms. The average Bonchev–Trinajstić information content (AvgIpc) is 2.80. The second-order valence-electron chi connectivity index (χ2n) is 5.50. The lowest BCUT2D eigenvalue weighted by Gasteiger charge is -2.30. The van der Waals surface area contributed by atoms with Crippen LogP contribution in [-0.2, 0) is 4.79 Å². The quantitative estimate of drug-likeness (QED) is 0.682. The van der Waals surface area contributed by atoms with Crippen LogP contribution < -0.4 is 11.1 Å². The van der Waals surface area contributed by atoms with Crippen molar-refractivity contribution in [3.63, 3.8) is 0 Å². The van der Waals surface area contributed by atoms with Crippen LogP contribution in [0.4, 0.5) is 0 Å². The van der Waals surface area contributed by atoms with E-state index in [1.54, 1.807) is 0 Å². The lowest BCUT2D eigenvalue weighted by molar-refractivity contribution is -0.128. The van der Waals surface area contributed by atoms with Crippen molar-refractivity contribution in [3.8, 4) is 0 Å². The summed E-state index contributed by atoms with van der Waals surface area (Å²) in [5, 5.41) is 12.9. The smallest absolute Gasteiger partial charge is 0.223 e. The zero-order valence-electron chi connectivity index (χ0n) is 10.4. The van der Waals surface area contributed by atoms with Crippen molar-refractivity contribution < 1.29 is 9.90 Å². The van der Waals surface area contributed by atoms with Crippen LogP contribution in [0.3, 0.4) is 0 Å². The van der Waals surface area contributed by atoms with E-state index in [-0.39, 0.29) is 24.0 Å². The van der Waals surface area contributed by atoms with E-state index in [1.165, 1.54) is 0 Å². The Labute approximate surface area is 103 Å². The van der Waals surface area contributed by atoms with Crippen molar-refractivity contribution in [3.05, 3.63) is 0 Å². The maximum absolute atomic E-state index is 12.2. The first-order chi connectivity index (χ1) is 8.22. The summed E-state index contributed by atoms with van der Waals surface area (Å²) in [5.74, 6) is 0.536. The highest BCUT2D eigenvalue weighted by Gasteiger charge is 2.34. The van der Waals surface area contributed by atoms with E-state index in [1.807, 2.05) is 0 Å². The highest BCUT2D eigenvalue weighted by molar-refractivity contribution is 5.79. The van der Waals surface area contributed by atoms with Gasteiger partial charge in [-0.25, -0.2) is 0 Å². The minimum absolute atomic E-state index is 0.0322. The minimum atomic E-state index is -0.356. The van der Waals surface area contributed by atoms with Crippen LogP contribution in [0.2, 0.25) is 0 Å². The van der Waals surface area contributed by atoms with Gasteiger partial charge in [0.25, 0.3) is 0 Å². The number of carbonyl (C=O) groups excluding carboxylic acids is 1. The Bertz CT molecular complexity index is 270. The number of nitrogens with one attached hydrogen (secondary N) is 1. The van der Waals surface area contributed by atoms with Gasteiger partial charge < -0.3 is 16.2 Å². The van der Waals surface area contributed by atoms with Crippen LogP contribution in [0.1, 0.15) is 44.9 Å². The molecule has 4 N–H and O–H groups in total. The first kappa shape index (κ1) is 12.8. The topological polar surface area (TPSA) is 75.4 Å². The number of aliphatic hydroxyl groups excluding tert-OH is 1. The Kier molecular flexibility index (Phi) is 4.40. The molecule has 98 valence electrons. The largest absolute Gasteiger partial charge is 0.391 e. The van der Waals surface area contributed by atoms with Crippen LogP contribution >= 0.6 is 0 Å². The monoisotopic (exact) mass is 240 g/mol. The third kappa shape index (κ3) is 2.99. The van der Waals surface area contributed by atoms with Gasteiger partial charge in [0.2, 0.25) is 5.91 Å². The number of aliphatic hydroxyl groups is 1. The molecule has 0 aromatic carbocycles. The second kappa shape index (κ2) is 5.83. The second-order valence-corrected chi connectivity index (χ2v) is 5.50. The van der Waals surface area contributed by atoms with Crippen LogP contribution in [0.15, 0.2) is 0 Å². The van der Waals surface area contributed by atoms with Crippen LogP contribution in [0, 0.1) is 11.8 Å². The highest BCUT2D eigenvalue weighted by atomic mass is 16.3. The fraction of sp³-hybridized carbons (Fsp3) is 0.923. The van der Waals surface area contributed by atoms with Crippen molar-refractivity contribution in [2.45, 2.75) is 57.1 Å². The van der Waals surface area contributed by atoms with Gasteiger partial charge in [-0.2, -0.15) is 0 Å². The van der Waals surface area contributed by atoms with Gasteiger partial charge in [0.05, 0.1) is 12.1 Å². The van der Waals surface area contributed by atoms with E-state index in [9.17, 15) is 9.90 Å². The number of amides is 1. The SMILES string of the molecule is NCC1CCCC1C(=O)N[C@H]1CCCC[C@@H]1O. The van der Waals surface area contributed by atoms with E-state index < -0.39 is 0 Å². The molecule has 0 aromatic rings. The third-order valence-corrected chi connectivity index (χ3v) is 4.36. The van der Waals surface area contributed by atoms with Crippen LogP contribution in [0.25, 0.3) is 0 Å². The van der Waals surface area contributed by atoms with Crippen molar-refractivity contribution in [2.75, 3.05) is 6.54 Å². The Hall–Kier alpha value is -0.610. The van der Waals surface area contributed by atoms with Gasteiger partial charge in [0.1, 0.15) is 0 Å². The molecule has 2 aliphatic carbocycles. The van der Waals surface area contributed by atoms with E-state index >= 15 is 0 Å². The van der Waals surface area contributed by atoms with Crippen molar-refractivity contribution in [2.24, 2.45) is 17.6 Å². The molecular formula is C13H24N2O2. The molecule has 4 nitrogen and oxygen atoms in total. The molecule has 0 saturated heterocycles. The van der Waals surface area contributed by atoms with Gasteiger partial charge in [0.15, 0.2) is 0 Å². The molecule has 2 unspecified atom stereocenters. The fourth-order valence-electron chi connectivity index (χ4n) is 3.23. The van der Waals surface area contributed by atoms with Gasteiger partial charge in [-0.15, -0.1) is 0 Å². The summed E-state index contributed by atoms with van der Waals surface area (Å²) in [5.41, 5.74) is 5.69. The lowest BCUT2D eigenvalue weighted by Crippen LogP contribution is -2.48. The number of rotatable bonds is 3. The first-order valence-electron chi connectivity index (χ1n) is 6.91. The van der Waals surface area contributed by atoms with E-state index in [0.717, 1.165) is 44.9 Å². The fourth-order valence-corrected chi connectivity index (χ4v) is 3.23. The maximum Gasteiger partial charge on any atom is 0.223 e. The Morgan fingerprint density at radius 2 is 1.94 bits per heavy atom. The maximum atomic E-state index is 12.2. The van der Waals surface area contributed by atoms with E-state index in [2.05, 4.69) is 5.32 Å². The molecule has 0 bridgehead atoms. The average molecular weight is 240 g/mol. The number of carbonyl (C=O) groups is 1. The van der Waals surface area contributed by atoms with Gasteiger partial charge in [-0.1, -0.05) is 19.3 Å². The summed E-state index contributed by atoms with van der Waals surface area (Å²) >= 11 is 0. The molecule has 2 aliphatic rings. The van der Waals surface area contributed by atoms with Crippen LogP contribution in [0.5, 0.6) is 0 Å². The van der Waals surface area contributed by atoms with Gasteiger partial charge in [0, 0.05) is 5.92 Å². The minimum Gasteiger partial charge on any atom is -0.391 e. The van der Waals surface area contributed by atoms with E-state index in [0.29, 0.717) is 12.5 Å². The zero-order chi connectivity index (χ0) is 12.3. The molecule has 0 aromatic heterocycles. The normalized spacial score (nSPS) is 38.0. The molecule has 2 fully saturated rings. The molecule has 17 heavy (non-hydrogen) atoms. The number of nitrogens with two attached hydrogens (primary N) is 1. The summed E-state index contributed by atoms with van der Waals surface area (Å²) in [4.78, 5) is 12.2. The summed E-state index contributed by atoms with van der Waals surface area (Å²) < 4.78 is 0. The molecule has 4 atom stereocenters. The molecule has 1 amide bonds. The summed E-state index contributed by atoms with van der Waals surface area (Å²) in [6, 6.07) is -0.0322. The highest BCUT2D eigenvalue weighted by Crippen LogP contribution is 2.31. The van der Waals surface area contributed by atoms with Crippen molar-refractivity contribution in [1.82, 2.24) is 5.32 Å². The van der Waals surface area contributed by atoms with Crippen LogP contribution in [-0.4, -0.2) is 29.7 Å². The number of hydrogen-bond donors (Lipinski definition) is 3. The Balaban J connectivity index is 1.87. The van der Waals surface area contributed by atoms with E-state index in [4.69, 9.17) is 5.73 Å². The summed E-state index contributed by atoms with van der Waals surface area (Å²) in [6.45, 7) is 0.602. The standard InChI is InChI=1S/C13H24N2O2/c14-8-9-4-3-5-10(9)13(17)15-11-6-1-2-7-12(11)16/h9-12,16H,1-8,14H2,(H,15,17)/t9?,10?,11-,12-/m0/s1. The molecule has 2 rings (SSSR count). The van der Waals surface area contributed by atoms with Gasteiger partial charge in [-0.3, -0.25) is 4.79 Å².